The van der Waals surface area contributed by atoms with Gasteiger partial charge in [-0.25, -0.2) is 17.9 Å². The minimum atomic E-state index is -3.91. The van der Waals surface area contributed by atoms with E-state index in [-0.39, 0.29) is 17.5 Å². The Hall–Kier alpha value is -1.41. The van der Waals surface area contributed by atoms with E-state index in [1.165, 1.54) is 0 Å². The van der Waals surface area contributed by atoms with Gasteiger partial charge in [0.2, 0.25) is 0 Å². The minimum absolute atomic E-state index is 0.200. The normalized spacial score (nSPS) is 13.7. The molecule has 0 aliphatic heterocycles. The predicted octanol–water partition coefficient (Wildman–Crippen LogP) is 1.21. The van der Waals surface area contributed by atoms with E-state index in [4.69, 9.17) is 5.11 Å². The zero-order valence-corrected chi connectivity index (χ0v) is 12.0. The number of rotatable bonds is 7. The molecule has 0 aromatic carbocycles. The molecule has 19 heavy (non-hydrogen) atoms. The van der Waals surface area contributed by atoms with E-state index in [1.807, 2.05) is 13.8 Å². The number of H-pyrrole nitrogens is 1. The van der Waals surface area contributed by atoms with Crippen molar-refractivity contribution in [1.82, 2.24) is 14.9 Å². The van der Waals surface area contributed by atoms with Gasteiger partial charge in [-0.15, -0.1) is 0 Å². The Balaban J connectivity index is 2.99. The molecule has 108 valence electrons. The number of carbonyl (C=O) groups is 1. The van der Waals surface area contributed by atoms with Crippen molar-refractivity contribution in [3.05, 3.63) is 11.8 Å². The fourth-order valence-electron chi connectivity index (χ4n) is 2.03. The van der Waals surface area contributed by atoms with E-state index >= 15 is 0 Å². The summed E-state index contributed by atoms with van der Waals surface area (Å²) < 4.78 is 26.7. The van der Waals surface area contributed by atoms with E-state index in [9.17, 15) is 13.2 Å². The molecular formula is C11H19N3O4S. The summed E-state index contributed by atoms with van der Waals surface area (Å²) >= 11 is 0. The van der Waals surface area contributed by atoms with E-state index in [0.29, 0.717) is 0 Å². The molecule has 0 fully saturated rings. The third-order valence-electron chi connectivity index (χ3n) is 3.20. The Morgan fingerprint density at radius 1 is 1.47 bits per heavy atom. The maximum Gasteiger partial charge on any atom is 0.340 e. The molecule has 1 aromatic heterocycles. The van der Waals surface area contributed by atoms with Crippen molar-refractivity contribution < 1.29 is 18.3 Å². The van der Waals surface area contributed by atoms with Gasteiger partial charge in [-0.2, -0.15) is 5.10 Å². The van der Waals surface area contributed by atoms with Crippen LogP contribution in [0, 0.1) is 5.92 Å². The second-order valence-corrected chi connectivity index (χ2v) is 6.06. The van der Waals surface area contributed by atoms with Crippen LogP contribution in [0.4, 0.5) is 0 Å². The summed E-state index contributed by atoms with van der Waals surface area (Å²) in [7, 11) is -3.91. The van der Waals surface area contributed by atoms with Crippen LogP contribution in [0.2, 0.25) is 0 Å². The molecule has 7 nitrogen and oxygen atoms in total. The van der Waals surface area contributed by atoms with E-state index in [2.05, 4.69) is 14.9 Å². The number of aromatic carboxylic acids is 1. The summed E-state index contributed by atoms with van der Waals surface area (Å²) in [6.07, 6.45) is 2.67. The summed E-state index contributed by atoms with van der Waals surface area (Å²) in [4.78, 5) is 10.9. The highest BCUT2D eigenvalue weighted by Gasteiger charge is 2.27. The van der Waals surface area contributed by atoms with Crippen LogP contribution < -0.4 is 4.72 Å². The molecule has 0 aliphatic carbocycles. The highest BCUT2D eigenvalue weighted by Crippen LogP contribution is 2.17. The maximum atomic E-state index is 12.1. The Labute approximate surface area is 112 Å². The lowest BCUT2D eigenvalue weighted by Crippen LogP contribution is -2.38. The summed E-state index contributed by atoms with van der Waals surface area (Å²) in [5.41, 5.74) is -0.357. The Kier molecular flexibility index (Phi) is 5.07. The number of nitrogens with zero attached hydrogens (tertiary/aromatic N) is 1. The second-order valence-electron chi connectivity index (χ2n) is 4.40. The van der Waals surface area contributed by atoms with Crippen molar-refractivity contribution in [1.29, 1.82) is 0 Å². The number of nitrogens with one attached hydrogen (secondary N) is 2. The van der Waals surface area contributed by atoms with Crippen LogP contribution in [-0.4, -0.2) is 35.7 Å². The van der Waals surface area contributed by atoms with Gasteiger partial charge in [-0.1, -0.05) is 26.7 Å². The monoisotopic (exact) mass is 289 g/mol. The van der Waals surface area contributed by atoms with Gasteiger partial charge in [0.05, 0.1) is 6.20 Å². The number of carboxylic acids is 1. The fourth-order valence-corrected chi connectivity index (χ4v) is 3.43. The van der Waals surface area contributed by atoms with Gasteiger partial charge < -0.3 is 5.11 Å². The fraction of sp³-hybridized carbons (Fsp3) is 0.636. The highest BCUT2D eigenvalue weighted by molar-refractivity contribution is 7.89. The smallest absolute Gasteiger partial charge is 0.340 e. The van der Waals surface area contributed by atoms with Crippen LogP contribution in [0.1, 0.15) is 44.0 Å². The minimum Gasteiger partial charge on any atom is -0.478 e. The van der Waals surface area contributed by atoms with Crippen molar-refractivity contribution in [2.75, 3.05) is 0 Å². The predicted molar refractivity (Wildman–Crippen MR) is 69.4 cm³/mol. The van der Waals surface area contributed by atoms with Crippen LogP contribution in [0.25, 0.3) is 0 Å². The lowest BCUT2D eigenvalue weighted by molar-refractivity contribution is 0.0692. The second kappa shape index (κ2) is 6.16. The van der Waals surface area contributed by atoms with Crippen LogP contribution in [0.15, 0.2) is 11.2 Å². The van der Waals surface area contributed by atoms with Crippen LogP contribution >= 0.6 is 0 Å². The van der Waals surface area contributed by atoms with Crippen molar-refractivity contribution in [3.8, 4) is 0 Å². The van der Waals surface area contributed by atoms with Gasteiger partial charge in [-0.3, -0.25) is 5.10 Å². The first-order chi connectivity index (χ1) is 8.83. The molecule has 0 saturated carbocycles. The molecular weight excluding hydrogens is 270 g/mol. The zero-order chi connectivity index (χ0) is 14.6. The van der Waals surface area contributed by atoms with Crippen molar-refractivity contribution >= 4 is 16.0 Å². The summed E-state index contributed by atoms with van der Waals surface area (Å²) in [6, 6.07) is -0.273. The van der Waals surface area contributed by atoms with Crippen LogP contribution in [0.3, 0.4) is 0 Å². The average Bonchev–Trinajstić information content (AvgIpc) is 2.79. The quantitative estimate of drug-likeness (QED) is 0.698. The summed E-state index contributed by atoms with van der Waals surface area (Å²) in [5.74, 6) is -1.13. The van der Waals surface area contributed by atoms with E-state index < -0.39 is 21.0 Å². The molecule has 0 amide bonds. The number of sulfonamides is 1. The Morgan fingerprint density at radius 3 is 2.53 bits per heavy atom. The number of hydrogen-bond acceptors (Lipinski definition) is 4. The molecule has 1 unspecified atom stereocenters. The lowest BCUT2D eigenvalue weighted by atomic mass is 9.96. The SMILES string of the molecule is CCC(CC)C(C)NS(=O)(=O)c1[nH]ncc1C(=O)O. The number of aromatic amines is 1. The van der Waals surface area contributed by atoms with Crippen molar-refractivity contribution in [2.24, 2.45) is 5.92 Å². The number of hydrogen-bond donors (Lipinski definition) is 3. The van der Waals surface area contributed by atoms with Gasteiger partial charge in [0, 0.05) is 6.04 Å². The molecule has 8 heteroatoms. The number of carboxylic acid groups (broad SMARTS) is 1. The number of aromatic nitrogens is 2. The molecule has 1 heterocycles. The summed E-state index contributed by atoms with van der Waals surface area (Å²) in [5, 5.41) is 14.2. The maximum absolute atomic E-state index is 12.1. The van der Waals surface area contributed by atoms with Crippen molar-refractivity contribution in [3.63, 3.8) is 0 Å². The van der Waals surface area contributed by atoms with Gasteiger partial charge in [-0.05, 0) is 12.8 Å². The van der Waals surface area contributed by atoms with Gasteiger partial charge >= 0.3 is 5.97 Å². The standard InChI is InChI=1S/C11H19N3O4S/c1-4-8(5-2)7(3)14-19(17,18)10-9(11(15)16)6-12-13-10/h6-8,14H,4-5H2,1-3H3,(H,12,13)(H,15,16). The molecule has 1 aromatic rings. The topological polar surface area (TPSA) is 112 Å². The van der Waals surface area contributed by atoms with Gasteiger partial charge in [0.25, 0.3) is 10.0 Å². The largest absolute Gasteiger partial charge is 0.478 e. The van der Waals surface area contributed by atoms with Crippen LogP contribution in [0.5, 0.6) is 0 Å². The molecule has 0 bridgehead atoms. The first kappa shape index (κ1) is 15.6. The highest BCUT2D eigenvalue weighted by atomic mass is 32.2. The molecule has 1 rings (SSSR count). The van der Waals surface area contributed by atoms with Gasteiger partial charge in [0.15, 0.2) is 5.03 Å². The van der Waals surface area contributed by atoms with Crippen LogP contribution in [-0.2, 0) is 10.0 Å². The van der Waals surface area contributed by atoms with Crippen molar-refractivity contribution in [2.45, 2.75) is 44.7 Å². The molecule has 3 N–H and O–H groups in total. The Bertz CT molecular complexity index is 534. The Morgan fingerprint density at radius 2 is 2.05 bits per heavy atom. The zero-order valence-electron chi connectivity index (χ0n) is 11.2. The third-order valence-corrected chi connectivity index (χ3v) is 4.73. The van der Waals surface area contributed by atoms with E-state index in [1.54, 1.807) is 6.92 Å². The molecule has 0 spiro atoms. The lowest BCUT2D eigenvalue weighted by Gasteiger charge is -2.22. The average molecular weight is 289 g/mol. The molecule has 0 aliphatic rings. The molecule has 0 saturated heterocycles. The third kappa shape index (κ3) is 3.54. The summed E-state index contributed by atoms with van der Waals surface area (Å²) in [6.45, 7) is 5.74. The first-order valence-corrected chi connectivity index (χ1v) is 7.60. The molecule has 0 radical (unpaired) electrons. The molecule has 1 atom stereocenters. The first-order valence-electron chi connectivity index (χ1n) is 6.12. The van der Waals surface area contributed by atoms with E-state index in [0.717, 1.165) is 19.0 Å². The van der Waals surface area contributed by atoms with Gasteiger partial charge in [0.1, 0.15) is 5.56 Å².